The number of amides is 3. The molecule has 0 aliphatic carbocycles. The number of unbranched alkanes of at least 4 members (excludes halogenated alkanes) is 1. The van der Waals surface area contributed by atoms with E-state index in [9.17, 15) is 24.3 Å². The molecular weight excluding hydrogens is 410 g/mol. The highest BCUT2D eigenvalue weighted by atomic mass is 32.2. The van der Waals surface area contributed by atoms with E-state index in [1.807, 2.05) is 6.26 Å². The Bertz CT molecular complexity index is 576. The van der Waals surface area contributed by atoms with Gasteiger partial charge in [0, 0.05) is 0 Å². The quantitative estimate of drug-likeness (QED) is 0.180. The van der Waals surface area contributed by atoms with Crippen molar-refractivity contribution in [1.29, 1.82) is 0 Å². The van der Waals surface area contributed by atoms with Crippen LogP contribution in [0.2, 0.25) is 0 Å². The van der Waals surface area contributed by atoms with Gasteiger partial charge in [0.1, 0.15) is 18.1 Å². The van der Waals surface area contributed by atoms with E-state index in [-0.39, 0.29) is 12.3 Å². The molecular formula is C19H37N5O5S. The van der Waals surface area contributed by atoms with E-state index in [1.54, 1.807) is 13.8 Å². The third-order valence-corrected chi connectivity index (χ3v) is 5.17. The fraction of sp³-hybridized carbons (Fsp3) is 0.789. The number of thioether (sulfide) groups is 1. The summed E-state index contributed by atoms with van der Waals surface area (Å²) in [6.07, 6.45) is 4.04. The topological polar surface area (TPSA) is 177 Å². The van der Waals surface area contributed by atoms with Gasteiger partial charge in [0.15, 0.2) is 0 Å². The second-order valence-corrected chi connectivity index (χ2v) is 8.52. The molecule has 0 heterocycles. The molecule has 0 aromatic heterocycles. The van der Waals surface area contributed by atoms with E-state index >= 15 is 0 Å². The summed E-state index contributed by atoms with van der Waals surface area (Å²) in [4.78, 5) is 48.5. The van der Waals surface area contributed by atoms with Gasteiger partial charge in [-0.25, -0.2) is 4.79 Å². The average Bonchev–Trinajstić information content (AvgIpc) is 2.68. The lowest BCUT2D eigenvalue weighted by molar-refractivity contribution is -0.142. The van der Waals surface area contributed by atoms with Crippen molar-refractivity contribution in [2.24, 2.45) is 17.4 Å². The molecule has 4 atom stereocenters. The Morgan fingerprint density at radius 3 is 2.07 bits per heavy atom. The molecule has 0 saturated heterocycles. The number of carboxylic acid groups (broad SMARTS) is 1. The van der Waals surface area contributed by atoms with Crippen molar-refractivity contribution in [2.45, 2.75) is 70.6 Å². The number of nitrogens with one attached hydrogen (secondary N) is 3. The molecule has 30 heavy (non-hydrogen) atoms. The third-order valence-electron chi connectivity index (χ3n) is 4.53. The summed E-state index contributed by atoms with van der Waals surface area (Å²) >= 11 is 1.47. The van der Waals surface area contributed by atoms with Gasteiger partial charge in [-0.05, 0) is 50.7 Å². The molecule has 0 saturated carbocycles. The highest BCUT2D eigenvalue weighted by Crippen LogP contribution is 2.06. The minimum atomic E-state index is -1.13. The standard InChI is InChI=1S/C19H37N5O5S/c1-11(2)15(24-17(26)13(21)7-5-6-9-20)18(27)22-12(3)16(25)23-14(19(28)29)8-10-30-4/h11-15H,5-10,20-21H2,1-4H3,(H,22,27)(H,23,25)(H,24,26)(H,28,29). The Labute approximate surface area is 182 Å². The summed E-state index contributed by atoms with van der Waals surface area (Å²) in [6, 6.07) is -3.62. The van der Waals surface area contributed by atoms with Crippen molar-refractivity contribution in [1.82, 2.24) is 16.0 Å². The number of rotatable bonds is 15. The zero-order valence-electron chi connectivity index (χ0n) is 18.3. The van der Waals surface area contributed by atoms with Gasteiger partial charge in [-0.15, -0.1) is 0 Å². The van der Waals surface area contributed by atoms with E-state index in [2.05, 4.69) is 16.0 Å². The minimum Gasteiger partial charge on any atom is -0.480 e. The molecule has 0 aliphatic rings. The monoisotopic (exact) mass is 447 g/mol. The molecule has 0 bridgehead atoms. The van der Waals surface area contributed by atoms with Gasteiger partial charge in [0.25, 0.3) is 0 Å². The molecule has 10 nitrogen and oxygen atoms in total. The van der Waals surface area contributed by atoms with Crippen molar-refractivity contribution in [2.75, 3.05) is 18.6 Å². The predicted octanol–water partition coefficient (Wildman–Crippen LogP) is -0.589. The van der Waals surface area contributed by atoms with Crippen LogP contribution in [0, 0.1) is 5.92 Å². The number of carboxylic acids is 1. The summed E-state index contributed by atoms with van der Waals surface area (Å²) in [5.41, 5.74) is 11.3. The summed E-state index contributed by atoms with van der Waals surface area (Å²) in [7, 11) is 0. The van der Waals surface area contributed by atoms with Crippen LogP contribution in [0.15, 0.2) is 0 Å². The van der Waals surface area contributed by atoms with Crippen LogP contribution >= 0.6 is 11.8 Å². The lowest BCUT2D eigenvalue weighted by atomic mass is 10.0. The molecule has 3 amide bonds. The number of aliphatic carboxylic acids is 1. The van der Waals surface area contributed by atoms with Gasteiger partial charge < -0.3 is 32.5 Å². The molecule has 0 radical (unpaired) electrons. The number of carbonyl (C=O) groups excluding carboxylic acids is 3. The Hall–Kier alpha value is -1.85. The molecule has 4 unspecified atom stereocenters. The first-order chi connectivity index (χ1) is 14.0. The molecule has 0 spiro atoms. The van der Waals surface area contributed by atoms with E-state index in [4.69, 9.17) is 11.5 Å². The fourth-order valence-electron chi connectivity index (χ4n) is 2.59. The SMILES string of the molecule is CSCCC(NC(=O)C(C)NC(=O)C(NC(=O)C(N)CCCCN)C(C)C)C(=O)O. The van der Waals surface area contributed by atoms with Crippen molar-refractivity contribution >= 4 is 35.5 Å². The second kappa shape index (κ2) is 15.0. The normalized spacial score (nSPS) is 15.0. The Morgan fingerprint density at radius 2 is 1.57 bits per heavy atom. The van der Waals surface area contributed by atoms with Crippen LogP contribution in [0.25, 0.3) is 0 Å². The summed E-state index contributed by atoms with van der Waals surface area (Å²) in [6.45, 7) is 5.50. The highest BCUT2D eigenvalue weighted by molar-refractivity contribution is 7.98. The second-order valence-electron chi connectivity index (χ2n) is 7.53. The Balaban J connectivity index is 4.86. The van der Waals surface area contributed by atoms with Crippen molar-refractivity contribution in [3.8, 4) is 0 Å². The van der Waals surface area contributed by atoms with Gasteiger partial charge in [0.05, 0.1) is 6.04 Å². The number of nitrogens with two attached hydrogens (primary N) is 2. The van der Waals surface area contributed by atoms with Crippen LogP contribution in [-0.2, 0) is 19.2 Å². The van der Waals surface area contributed by atoms with E-state index < -0.39 is 47.9 Å². The molecule has 8 N–H and O–H groups in total. The largest absolute Gasteiger partial charge is 0.480 e. The van der Waals surface area contributed by atoms with Crippen LogP contribution in [0.4, 0.5) is 0 Å². The zero-order valence-corrected chi connectivity index (χ0v) is 19.1. The molecule has 0 rings (SSSR count). The lowest BCUT2D eigenvalue weighted by Gasteiger charge is -2.25. The van der Waals surface area contributed by atoms with Crippen LogP contribution in [0.1, 0.15) is 46.5 Å². The number of hydrogen-bond donors (Lipinski definition) is 6. The third kappa shape index (κ3) is 10.8. The van der Waals surface area contributed by atoms with E-state index in [0.29, 0.717) is 25.1 Å². The Morgan fingerprint density at radius 1 is 0.933 bits per heavy atom. The van der Waals surface area contributed by atoms with Crippen LogP contribution in [0.3, 0.4) is 0 Å². The highest BCUT2D eigenvalue weighted by Gasteiger charge is 2.29. The van der Waals surface area contributed by atoms with Gasteiger partial charge in [-0.3, -0.25) is 14.4 Å². The van der Waals surface area contributed by atoms with Crippen LogP contribution in [0.5, 0.6) is 0 Å². The van der Waals surface area contributed by atoms with Gasteiger partial charge in [-0.2, -0.15) is 11.8 Å². The lowest BCUT2D eigenvalue weighted by Crippen LogP contribution is -2.57. The molecule has 0 aliphatic heterocycles. The number of carbonyl (C=O) groups is 4. The van der Waals surface area contributed by atoms with Gasteiger partial charge in [-0.1, -0.05) is 20.3 Å². The fourth-order valence-corrected chi connectivity index (χ4v) is 3.06. The van der Waals surface area contributed by atoms with E-state index in [0.717, 1.165) is 6.42 Å². The van der Waals surface area contributed by atoms with E-state index in [1.165, 1.54) is 18.7 Å². The summed E-state index contributed by atoms with van der Waals surface area (Å²) in [5, 5.41) is 16.8. The minimum absolute atomic E-state index is 0.242. The molecule has 0 fully saturated rings. The maximum absolute atomic E-state index is 12.6. The number of hydrogen-bond acceptors (Lipinski definition) is 7. The molecule has 174 valence electrons. The Kier molecular flexibility index (Phi) is 14.1. The summed E-state index contributed by atoms with van der Waals surface area (Å²) in [5.74, 6) is -2.39. The van der Waals surface area contributed by atoms with Crippen molar-refractivity contribution in [3.63, 3.8) is 0 Å². The maximum Gasteiger partial charge on any atom is 0.326 e. The zero-order chi connectivity index (χ0) is 23.3. The van der Waals surface area contributed by atoms with Crippen molar-refractivity contribution < 1.29 is 24.3 Å². The smallest absolute Gasteiger partial charge is 0.326 e. The maximum atomic E-state index is 12.6. The van der Waals surface area contributed by atoms with Crippen LogP contribution < -0.4 is 27.4 Å². The van der Waals surface area contributed by atoms with Crippen molar-refractivity contribution in [3.05, 3.63) is 0 Å². The predicted molar refractivity (Wildman–Crippen MR) is 118 cm³/mol. The summed E-state index contributed by atoms with van der Waals surface area (Å²) < 4.78 is 0. The molecule has 0 aromatic rings. The first-order valence-corrected chi connectivity index (χ1v) is 11.5. The average molecular weight is 448 g/mol. The van der Waals surface area contributed by atoms with Gasteiger partial charge >= 0.3 is 5.97 Å². The molecule has 11 heteroatoms. The molecule has 0 aromatic carbocycles. The van der Waals surface area contributed by atoms with Gasteiger partial charge in [0.2, 0.25) is 17.7 Å². The first-order valence-electron chi connectivity index (χ1n) is 10.1. The van der Waals surface area contributed by atoms with Crippen LogP contribution in [-0.4, -0.2) is 71.5 Å². The first kappa shape index (κ1) is 28.1.